The molecule has 5 heteroatoms. The zero-order valence-corrected chi connectivity index (χ0v) is 6.06. The average Bonchev–Trinajstić information content (AvgIpc) is 1.87. The predicted molar refractivity (Wildman–Crippen MR) is 40.0 cm³/mol. The highest BCUT2D eigenvalue weighted by molar-refractivity contribution is 8.06. The fraction of sp³-hybridized carbons (Fsp3) is 0.200. The molecule has 56 valence electrons. The fourth-order valence-electron chi connectivity index (χ4n) is 0.236. The summed E-state index contributed by atoms with van der Waals surface area (Å²) < 4.78 is 0. The number of hydrogen-bond acceptors (Lipinski definition) is 4. The van der Waals surface area contributed by atoms with Gasteiger partial charge >= 0.3 is 5.03 Å². The van der Waals surface area contributed by atoms with Crippen LogP contribution >= 0.6 is 11.8 Å². The number of nitro groups is 1. The van der Waals surface area contributed by atoms with Gasteiger partial charge in [0.2, 0.25) is 0 Å². The smallest absolute Gasteiger partial charge is 0.300 e. The Kier molecular flexibility index (Phi) is 3.75. The monoisotopic (exact) mass is 161 g/mol. The molecule has 0 saturated heterocycles. The van der Waals surface area contributed by atoms with Crippen molar-refractivity contribution < 1.29 is 10.0 Å². The second-order valence-electron chi connectivity index (χ2n) is 1.45. The Hall–Kier alpha value is -0.810. The molecule has 0 heterocycles. The van der Waals surface area contributed by atoms with Gasteiger partial charge in [-0.2, -0.15) is 0 Å². The van der Waals surface area contributed by atoms with Crippen LogP contribution in [0.1, 0.15) is 0 Å². The van der Waals surface area contributed by atoms with Crippen molar-refractivity contribution in [1.82, 2.24) is 0 Å². The SMILES string of the molecule is C=C(CO)SC(=C)[N+](=O)[O-]. The summed E-state index contributed by atoms with van der Waals surface area (Å²) in [5.74, 6) is 0. The molecule has 0 fully saturated rings. The summed E-state index contributed by atoms with van der Waals surface area (Å²) in [5, 5.41) is 18.1. The largest absolute Gasteiger partial charge is 0.391 e. The van der Waals surface area contributed by atoms with E-state index in [9.17, 15) is 10.1 Å². The second-order valence-corrected chi connectivity index (χ2v) is 2.70. The van der Waals surface area contributed by atoms with E-state index in [1.54, 1.807) is 0 Å². The predicted octanol–water partition coefficient (Wildman–Crippen LogP) is 0.974. The molecule has 0 saturated carbocycles. The Bertz CT molecular complexity index is 178. The van der Waals surface area contributed by atoms with E-state index in [2.05, 4.69) is 13.2 Å². The van der Waals surface area contributed by atoms with Crippen LogP contribution in [0.4, 0.5) is 0 Å². The van der Waals surface area contributed by atoms with Gasteiger partial charge in [-0.3, -0.25) is 10.1 Å². The quantitative estimate of drug-likeness (QED) is 0.493. The molecule has 0 atom stereocenters. The number of nitrogens with zero attached hydrogens (tertiary/aromatic N) is 1. The Morgan fingerprint density at radius 3 is 2.50 bits per heavy atom. The lowest BCUT2D eigenvalue weighted by atomic mass is 10.7. The summed E-state index contributed by atoms with van der Waals surface area (Å²) in [6.45, 7) is 6.21. The van der Waals surface area contributed by atoms with Crippen molar-refractivity contribution in [3.63, 3.8) is 0 Å². The van der Waals surface area contributed by atoms with Crippen molar-refractivity contribution in [1.29, 1.82) is 0 Å². The maximum Gasteiger partial charge on any atom is 0.300 e. The molecule has 0 aliphatic heterocycles. The normalized spacial score (nSPS) is 8.90. The van der Waals surface area contributed by atoms with Crippen LogP contribution in [0.3, 0.4) is 0 Å². The zero-order chi connectivity index (χ0) is 8.15. The molecular formula is C5H7NO3S. The third-order valence-corrected chi connectivity index (χ3v) is 1.44. The van der Waals surface area contributed by atoms with E-state index in [1.807, 2.05) is 0 Å². The number of aliphatic hydroxyl groups is 1. The molecule has 0 spiro atoms. The van der Waals surface area contributed by atoms with E-state index >= 15 is 0 Å². The van der Waals surface area contributed by atoms with Gasteiger partial charge in [-0.05, 0) is 18.3 Å². The van der Waals surface area contributed by atoms with Crippen molar-refractivity contribution >= 4 is 11.8 Å². The molecule has 0 rings (SSSR count). The molecule has 1 N–H and O–H groups in total. The van der Waals surface area contributed by atoms with Crippen LogP contribution in [-0.2, 0) is 0 Å². The lowest BCUT2D eigenvalue weighted by Crippen LogP contribution is -1.93. The van der Waals surface area contributed by atoms with Crippen LogP contribution < -0.4 is 0 Å². The first-order valence-corrected chi connectivity index (χ1v) is 3.19. The van der Waals surface area contributed by atoms with E-state index in [4.69, 9.17) is 5.11 Å². The van der Waals surface area contributed by atoms with Crippen molar-refractivity contribution in [2.45, 2.75) is 0 Å². The van der Waals surface area contributed by atoms with Crippen LogP contribution in [0.25, 0.3) is 0 Å². The van der Waals surface area contributed by atoms with Crippen LogP contribution in [0, 0.1) is 10.1 Å². The summed E-state index contributed by atoms with van der Waals surface area (Å²) in [5.41, 5.74) is 0. The maximum atomic E-state index is 9.91. The van der Waals surface area contributed by atoms with Gasteiger partial charge in [0, 0.05) is 4.91 Å². The molecule has 0 radical (unpaired) electrons. The summed E-state index contributed by atoms with van der Waals surface area (Å²) in [6, 6.07) is 0. The van der Waals surface area contributed by atoms with Crippen LogP contribution in [0.15, 0.2) is 23.1 Å². The van der Waals surface area contributed by atoms with Gasteiger partial charge in [0.15, 0.2) is 0 Å². The Balaban J connectivity index is 3.80. The van der Waals surface area contributed by atoms with Crippen molar-refractivity contribution in [2.24, 2.45) is 0 Å². The number of hydrogen-bond donors (Lipinski definition) is 1. The summed E-state index contributed by atoms with van der Waals surface area (Å²) in [4.78, 5) is 9.61. The second kappa shape index (κ2) is 4.08. The van der Waals surface area contributed by atoms with Gasteiger partial charge in [-0.15, -0.1) is 0 Å². The number of thioether (sulfide) groups is 1. The Morgan fingerprint density at radius 2 is 2.20 bits per heavy atom. The van der Waals surface area contributed by atoms with E-state index in [0.717, 1.165) is 11.8 Å². The van der Waals surface area contributed by atoms with E-state index in [-0.39, 0.29) is 11.6 Å². The highest BCUT2D eigenvalue weighted by Crippen LogP contribution is 2.21. The molecule has 0 unspecified atom stereocenters. The molecule has 0 aliphatic rings. The number of rotatable bonds is 4. The average molecular weight is 161 g/mol. The molecule has 0 aromatic rings. The van der Waals surface area contributed by atoms with Gasteiger partial charge in [0.1, 0.15) is 0 Å². The highest BCUT2D eigenvalue weighted by Gasteiger charge is 2.08. The van der Waals surface area contributed by atoms with Crippen molar-refractivity contribution in [3.8, 4) is 0 Å². The van der Waals surface area contributed by atoms with Crippen LogP contribution in [0.5, 0.6) is 0 Å². The maximum absolute atomic E-state index is 9.91. The van der Waals surface area contributed by atoms with Gasteiger partial charge in [0.25, 0.3) is 0 Å². The van der Waals surface area contributed by atoms with Gasteiger partial charge in [-0.1, -0.05) is 6.58 Å². The van der Waals surface area contributed by atoms with E-state index in [0.29, 0.717) is 4.91 Å². The lowest BCUT2D eigenvalue weighted by Gasteiger charge is -1.95. The minimum absolute atomic E-state index is 0.223. The van der Waals surface area contributed by atoms with E-state index in [1.165, 1.54) is 0 Å². The zero-order valence-electron chi connectivity index (χ0n) is 5.24. The molecular weight excluding hydrogens is 154 g/mol. The topological polar surface area (TPSA) is 63.4 Å². The molecule has 0 aromatic heterocycles. The highest BCUT2D eigenvalue weighted by atomic mass is 32.2. The molecule has 0 aliphatic carbocycles. The first-order valence-electron chi connectivity index (χ1n) is 2.37. The first kappa shape index (κ1) is 9.19. The van der Waals surface area contributed by atoms with Gasteiger partial charge < -0.3 is 5.11 Å². The minimum Gasteiger partial charge on any atom is -0.391 e. The summed E-state index contributed by atoms with van der Waals surface area (Å²) >= 11 is 0.770. The lowest BCUT2D eigenvalue weighted by molar-refractivity contribution is -0.409. The number of aliphatic hydroxyl groups excluding tert-OH is 1. The molecule has 4 nitrogen and oxygen atoms in total. The van der Waals surface area contributed by atoms with Gasteiger partial charge in [-0.25, -0.2) is 0 Å². The van der Waals surface area contributed by atoms with Crippen LogP contribution in [0.2, 0.25) is 0 Å². The molecule has 0 amide bonds. The summed E-state index contributed by atoms with van der Waals surface area (Å²) in [7, 11) is 0. The third kappa shape index (κ3) is 3.26. The molecule has 0 aromatic carbocycles. The Morgan fingerprint density at radius 1 is 1.70 bits per heavy atom. The third-order valence-electron chi connectivity index (χ3n) is 0.642. The molecule has 0 bridgehead atoms. The standard InChI is InChI=1S/C5H7NO3S/c1-4(3-7)10-5(2)6(8)9/h7H,1-3H2. The first-order chi connectivity index (χ1) is 4.57. The Labute approximate surface area is 62.4 Å². The molecule has 10 heavy (non-hydrogen) atoms. The van der Waals surface area contributed by atoms with Crippen LogP contribution in [-0.4, -0.2) is 16.6 Å². The fourth-order valence-corrected chi connectivity index (χ4v) is 0.708. The van der Waals surface area contributed by atoms with Gasteiger partial charge in [0.05, 0.1) is 11.5 Å². The van der Waals surface area contributed by atoms with E-state index < -0.39 is 4.92 Å². The minimum atomic E-state index is -0.620. The van der Waals surface area contributed by atoms with Crippen molar-refractivity contribution in [2.75, 3.05) is 6.61 Å². The van der Waals surface area contributed by atoms with Crippen molar-refractivity contribution in [3.05, 3.63) is 33.2 Å². The summed E-state index contributed by atoms with van der Waals surface area (Å²) in [6.07, 6.45) is 0.